The van der Waals surface area contributed by atoms with Crippen molar-refractivity contribution in [2.45, 2.75) is 18.6 Å². The van der Waals surface area contributed by atoms with Crippen molar-refractivity contribution in [1.82, 2.24) is 10.2 Å². The van der Waals surface area contributed by atoms with Crippen molar-refractivity contribution >= 4 is 17.7 Å². The lowest BCUT2D eigenvalue weighted by Gasteiger charge is -2.19. The third-order valence-corrected chi connectivity index (χ3v) is 3.47. The largest absolute Gasteiger partial charge is 0.341 e. The molecule has 1 fully saturated rings. The highest BCUT2D eigenvalue weighted by Crippen LogP contribution is 2.18. The molecule has 1 rings (SSSR count). The zero-order chi connectivity index (χ0) is 9.68. The van der Waals surface area contributed by atoms with Crippen LogP contribution in [0.1, 0.15) is 13.3 Å². The molecule has 4 heteroatoms. The number of likely N-dealkylation sites (N-methyl/N-ethyl adjacent to an activating group) is 1. The van der Waals surface area contributed by atoms with Crippen LogP contribution in [-0.2, 0) is 4.79 Å². The first-order valence-corrected chi connectivity index (χ1v) is 5.83. The standard InChI is InChI=1S/C9H18N2OS/c1-8-3-4-11(5-6-13-8)9(12)7-10-2/h8,10H,3-7H2,1-2H3. The molecule has 1 unspecified atom stereocenters. The predicted molar refractivity (Wildman–Crippen MR) is 57.0 cm³/mol. The number of nitrogens with one attached hydrogen (secondary N) is 1. The molecule has 0 aromatic carbocycles. The molecule has 76 valence electrons. The predicted octanol–water partition coefficient (Wildman–Crippen LogP) is 0.560. The van der Waals surface area contributed by atoms with Gasteiger partial charge in [0.25, 0.3) is 0 Å². The number of carbonyl (C=O) groups is 1. The van der Waals surface area contributed by atoms with Gasteiger partial charge < -0.3 is 10.2 Å². The Bertz CT molecular complexity index is 175. The molecule has 0 aliphatic carbocycles. The van der Waals surface area contributed by atoms with Gasteiger partial charge in [-0.1, -0.05) is 6.92 Å². The topological polar surface area (TPSA) is 32.3 Å². The molecule has 0 aromatic heterocycles. The molecular weight excluding hydrogens is 184 g/mol. The highest BCUT2D eigenvalue weighted by atomic mass is 32.2. The Hall–Kier alpha value is -0.220. The summed E-state index contributed by atoms with van der Waals surface area (Å²) in [6.45, 7) is 4.54. The Kier molecular flexibility index (Phi) is 4.59. The molecule has 0 radical (unpaired) electrons. The second kappa shape index (κ2) is 5.50. The van der Waals surface area contributed by atoms with E-state index in [1.807, 2.05) is 23.7 Å². The molecular formula is C9H18N2OS. The van der Waals surface area contributed by atoms with Crippen molar-refractivity contribution in [2.24, 2.45) is 0 Å². The lowest BCUT2D eigenvalue weighted by molar-refractivity contribution is -0.129. The molecule has 0 saturated carbocycles. The average Bonchev–Trinajstić information content (AvgIpc) is 2.30. The van der Waals surface area contributed by atoms with Gasteiger partial charge in [-0.3, -0.25) is 4.79 Å². The first kappa shape index (κ1) is 10.9. The highest BCUT2D eigenvalue weighted by molar-refractivity contribution is 7.99. The van der Waals surface area contributed by atoms with Crippen LogP contribution in [0.2, 0.25) is 0 Å². The van der Waals surface area contributed by atoms with Crippen LogP contribution in [0, 0.1) is 0 Å². The molecule has 0 spiro atoms. The Morgan fingerprint density at radius 1 is 1.62 bits per heavy atom. The monoisotopic (exact) mass is 202 g/mol. The summed E-state index contributed by atoms with van der Waals surface area (Å²) in [5.41, 5.74) is 0. The summed E-state index contributed by atoms with van der Waals surface area (Å²) >= 11 is 1.96. The quantitative estimate of drug-likeness (QED) is 0.710. The van der Waals surface area contributed by atoms with Gasteiger partial charge in [-0.25, -0.2) is 0 Å². The summed E-state index contributed by atoms with van der Waals surface area (Å²) < 4.78 is 0. The number of thioether (sulfide) groups is 1. The lowest BCUT2D eigenvalue weighted by atomic mass is 10.3. The summed E-state index contributed by atoms with van der Waals surface area (Å²) in [7, 11) is 1.81. The highest BCUT2D eigenvalue weighted by Gasteiger charge is 2.17. The van der Waals surface area contributed by atoms with Gasteiger partial charge in [0.1, 0.15) is 0 Å². The van der Waals surface area contributed by atoms with Gasteiger partial charge in [-0.2, -0.15) is 11.8 Å². The van der Waals surface area contributed by atoms with Crippen LogP contribution in [-0.4, -0.2) is 48.5 Å². The summed E-state index contributed by atoms with van der Waals surface area (Å²) in [6, 6.07) is 0. The SMILES string of the molecule is CNCC(=O)N1CCSC(C)CC1. The van der Waals surface area contributed by atoms with E-state index in [1.165, 1.54) is 0 Å². The van der Waals surface area contributed by atoms with Crippen molar-refractivity contribution in [3.8, 4) is 0 Å². The van der Waals surface area contributed by atoms with Crippen LogP contribution in [0.5, 0.6) is 0 Å². The van der Waals surface area contributed by atoms with E-state index in [1.54, 1.807) is 0 Å². The fraction of sp³-hybridized carbons (Fsp3) is 0.889. The van der Waals surface area contributed by atoms with Crippen LogP contribution in [0.3, 0.4) is 0 Å². The Morgan fingerprint density at radius 3 is 3.08 bits per heavy atom. The van der Waals surface area contributed by atoms with Crippen molar-refractivity contribution in [1.29, 1.82) is 0 Å². The smallest absolute Gasteiger partial charge is 0.236 e. The molecule has 3 nitrogen and oxygen atoms in total. The molecule has 1 atom stereocenters. The number of carbonyl (C=O) groups excluding carboxylic acids is 1. The van der Waals surface area contributed by atoms with Gasteiger partial charge in [0, 0.05) is 24.1 Å². The lowest BCUT2D eigenvalue weighted by Crippen LogP contribution is -2.38. The molecule has 0 aromatic rings. The summed E-state index contributed by atoms with van der Waals surface area (Å²) in [4.78, 5) is 13.5. The summed E-state index contributed by atoms with van der Waals surface area (Å²) in [5, 5.41) is 3.60. The van der Waals surface area contributed by atoms with E-state index >= 15 is 0 Å². The number of hydrogen-bond donors (Lipinski definition) is 1. The van der Waals surface area contributed by atoms with Gasteiger partial charge in [0.15, 0.2) is 0 Å². The minimum Gasteiger partial charge on any atom is -0.341 e. The first-order valence-electron chi connectivity index (χ1n) is 4.78. The summed E-state index contributed by atoms with van der Waals surface area (Å²) in [5.74, 6) is 1.31. The minimum atomic E-state index is 0.234. The maximum Gasteiger partial charge on any atom is 0.236 e. The van der Waals surface area contributed by atoms with Crippen molar-refractivity contribution < 1.29 is 4.79 Å². The number of amides is 1. The Morgan fingerprint density at radius 2 is 2.38 bits per heavy atom. The fourth-order valence-electron chi connectivity index (χ4n) is 1.41. The van der Waals surface area contributed by atoms with Crippen LogP contribution >= 0.6 is 11.8 Å². The molecule has 1 N–H and O–H groups in total. The fourth-order valence-corrected chi connectivity index (χ4v) is 2.41. The molecule has 1 heterocycles. The molecule has 0 bridgehead atoms. The second-order valence-corrected chi connectivity index (χ2v) is 4.93. The van der Waals surface area contributed by atoms with Crippen LogP contribution < -0.4 is 5.32 Å². The number of hydrogen-bond acceptors (Lipinski definition) is 3. The minimum absolute atomic E-state index is 0.234. The van der Waals surface area contributed by atoms with Gasteiger partial charge >= 0.3 is 0 Å². The average molecular weight is 202 g/mol. The third kappa shape index (κ3) is 3.56. The van der Waals surface area contributed by atoms with E-state index in [2.05, 4.69) is 12.2 Å². The molecule has 1 amide bonds. The van der Waals surface area contributed by atoms with Crippen molar-refractivity contribution in [2.75, 3.05) is 32.4 Å². The van der Waals surface area contributed by atoms with Gasteiger partial charge in [0.2, 0.25) is 5.91 Å². The van der Waals surface area contributed by atoms with E-state index < -0.39 is 0 Å². The van der Waals surface area contributed by atoms with Gasteiger partial charge in [-0.05, 0) is 13.5 Å². The molecule has 1 aliphatic rings. The normalized spacial score (nSPS) is 24.2. The maximum absolute atomic E-state index is 11.5. The molecule has 1 aliphatic heterocycles. The van der Waals surface area contributed by atoms with E-state index in [0.717, 1.165) is 25.3 Å². The van der Waals surface area contributed by atoms with Crippen LogP contribution in [0.15, 0.2) is 0 Å². The first-order chi connectivity index (χ1) is 6.24. The molecule has 1 saturated heterocycles. The Balaban J connectivity index is 2.37. The number of nitrogens with zero attached hydrogens (tertiary/aromatic N) is 1. The summed E-state index contributed by atoms with van der Waals surface area (Å²) in [6.07, 6.45) is 1.13. The zero-order valence-electron chi connectivity index (χ0n) is 8.38. The zero-order valence-corrected chi connectivity index (χ0v) is 9.19. The van der Waals surface area contributed by atoms with Gasteiger partial charge in [-0.15, -0.1) is 0 Å². The van der Waals surface area contributed by atoms with Crippen LogP contribution in [0.25, 0.3) is 0 Å². The van der Waals surface area contributed by atoms with E-state index in [4.69, 9.17) is 0 Å². The second-order valence-electron chi connectivity index (χ2n) is 3.38. The number of rotatable bonds is 2. The maximum atomic E-state index is 11.5. The van der Waals surface area contributed by atoms with E-state index in [0.29, 0.717) is 11.8 Å². The van der Waals surface area contributed by atoms with E-state index in [9.17, 15) is 4.79 Å². The van der Waals surface area contributed by atoms with Crippen LogP contribution in [0.4, 0.5) is 0 Å². The van der Waals surface area contributed by atoms with Crippen molar-refractivity contribution in [3.63, 3.8) is 0 Å². The molecule has 13 heavy (non-hydrogen) atoms. The Labute approximate surface area is 84.2 Å². The van der Waals surface area contributed by atoms with Crippen molar-refractivity contribution in [3.05, 3.63) is 0 Å². The third-order valence-electron chi connectivity index (χ3n) is 2.25. The van der Waals surface area contributed by atoms with E-state index in [-0.39, 0.29) is 5.91 Å². The van der Waals surface area contributed by atoms with Gasteiger partial charge in [0.05, 0.1) is 6.54 Å².